The molecule has 0 radical (unpaired) electrons. The van der Waals surface area contributed by atoms with Crippen LogP contribution in [0.25, 0.3) is 0 Å². The van der Waals surface area contributed by atoms with Crippen LogP contribution in [0.5, 0.6) is 0 Å². The van der Waals surface area contributed by atoms with Gasteiger partial charge in [-0.3, -0.25) is 14.9 Å². The fraction of sp³-hybridized carbons (Fsp3) is 0.333. The van der Waals surface area contributed by atoms with Gasteiger partial charge in [-0.2, -0.15) is 0 Å². The van der Waals surface area contributed by atoms with Crippen molar-refractivity contribution >= 4 is 28.9 Å². The largest absolute Gasteiger partial charge is 0.351 e. The molecule has 26 heavy (non-hydrogen) atoms. The highest BCUT2D eigenvalue weighted by Gasteiger charge is 2.36. The lowest BCUT2D eigenvalue weighted by Crippen LogP contribution is -2.49. The topological polar surface area (TPSA) is 87.5 Å². The first-order valence-corrected chi connectivity index (χ1v) is 8.78. The molecule has 2 N–H and O–H groups in total. The van der Waals surface area contributed by atoms with Crippen molar-refractivity contribution in [3.05, 3.63) is 63.9 Å². The van der Waals surface area contributed by atoms with Crippen LogP contribution in [0.2, 0.25) is 0 Å². The number of amides is 1. The number of nitro benzene ring substituents is 1. The molecule has 7 nitrogen and oxygen atoms in total. The zero-order valence-electron chi connectivity index (χ0n) is 14.4. The molecule has 1 saturated carbocycles. The van der Waals surface area contributed by atoms with Crippen molar-refractivity contribution in [2.24, 2.45) is 0 Å². The van der Waals surface area contributed by atoms with E-state index in [0.29, 0.717) is 22.8 Å². The van der Waals surface area contributed by atoms with Crippen LogP contribution in [-0.2, 0) is 4.79 Å². The second-order valence-electron chi connectivity index (χ2n) is 6.38. The van der Waals surface area contributed by atoms with Gasteiger partial charge >= 0.3 is 0 Å². The number of nitrogens with one attached hydrogen (secondary N) is 2. The summed E-state index contributed by atoms with van der Waals surface area (Å²) in [4.78, 5) is 25.4. The highest BCUT2D eigenvalue weighted by Crippen LogP contribution is 2.33. The van der Waals surface area contributed by atoms with Gasteiger partial charge in [0.05, 0.1) is 16.5 Å². The standard InChI is InChI=1S/C18H20N4O3S/c1-3-9-21-11(2)15(17(23)19-13-7-8-13)16(20-18(21)26)12-5-4-6-14(10-12)22(24)25/h3-6,10,13,16H,1,7-9H2,2H3,(H,19,23)(H,20,26). The minimum absolute atomic E-state index is 0.0247. The Morgan fingerprint density at radius 3 is 2.88 bits per heavy atom. The first kappa shape index (κ1) is 18.1. The van der Waals surface area contributed by atoms with Crippen LogP contribution < -0.4 is 10.6 Å². The van der Waals surface area contributed by atoms with E-state index in [4.69, 9.17) is 12.2 Å². The molecule has 1 aliphatic heterocycles. The predicted molar refractivity (Wildman–Crippen MR) is 102 cm³/mol. The van der Waals surface area contributed by atoms with Crippen molar-refractivity contribution in [2.45, 2.75) is 31.8 Å². The highest BCUT2D eigenvalue weighted by atomic mass is 32.1. The summed E-state index contributed by atoms with van der Waals surface area (Å²) in [5.41, 5.74) is 1.85. The Balaban J connectivity index is 2.04. The van der Waals surface area contributed by atoms with Crippen molar-refractivity contribution < 1.29 is 9.72 Å². The third-order valence-electron chi connectivity index (χ3n) is 4.48. The van der Waals surface area contributed by atoms with E-state index in [-0.39, 0.29) is 17.6 Å². The molecule has 1 aromatic rings. The number of carbonyl (C=O) groups is 1. The summed E-state index contributed by atoms with van der Waals surface area (Å²) in [6, 6.07) is 5.93. The van der Waals surface area contributed by atoms with E-state index in [0.717, 1.165) is 18.5 Å². The molecule has 1 fully saturated rings. The zero-order chi connectivity index (χ0) is 18.8. The molecule has 1 aromatic carbocycles. The Bertz CT molecular complexity index is 816. The Hall–Kier alpha value is -2.74. The van der Waals surface area contributed by atoms with Crippen LogP contribution >= 0.6 is 12.2 Å². The minimum atomic E-state index is -0.540. The normalized spacial score (nSPS) is 19.8. The molecule has 1 aliphatic carbocycles. The van der Waals surface area contributed by atoms with Crippen LogP contribution in [0.1, 0.15) is 31.4 Å². The number of rotatable bonds is 6. The van der Waals surface area contributed by atoms with Crippen molar-refractivity contribution in [3.63, 3.8) is 0 Å². The van der Waals surface area contributed by atoms with Crippen LogP contribution in [-0.4, -0.2) is 33.4 Å². The number of hydrogen-bond donors (Lipinski definition) is 2. The molecule has 1 heterocycles. The summed E-state index contributed by atoms with van der Waals surface area (Å²) in [5, 5.41) is 17.7. The average molecular weight is 372 g/mol. The molecular formula is C18H20N4O3S. The maximum Gasteiger partial charge on any atom is 0.269 e. The van der Waals surface area contributed by atoms with Gasteiger partial charge in [-0.15, -0.1) is 6.58 Å². The third kappa shape index (κ3) is 3.60. The molecule has 1 amide bonds. The van der Waals surface area contributed by atoms with Crippen LogP contribution in [0.3, 0.4) is 0 Å². The number of benzene rings is 1. The number of thiocarbonyl (C=S) groups is 1. The molecule has 8 heteroatoms. The molecule has 0 spiro atoms. The summed E-state index contributed by atoms with van der Waals surface area (Å²) in [6.45, 7) is 6.04. The molecule has 1 atom stereocenters. The second kappa shape index (κ2) is 7.25. The van der Waals surface area contributed by atoms with Crippen LogP contribution in [0.4, 0.5) is 5.69 Å². The predicted octanol–water partition coefficient (Wildman–Crippen LogP) is 2.56. The highest BCUT2D eigenvalue weighted by molar-refractivity contribution is 7.80. The van der Waals surface area contributed by atoms with E-state index < -0.39 is 11.0 Å². The van der Waals surface area contributed by atoms with Gasteiger partial charge in [-0.1, -0.05) is 18.2 Å². The van der Waals surface area contributed by atoms with Gasteiger partial charge < -0.3 is 15.5 Å². The van der Waals surface area contributed by atoms with E-state index in [1.165, 1.54) is 12.1 Å². The Morgan fingerprint density at radius 2 is 2.27 bits per heavy atom. The van der Waals surface area contributed by atoms with Crippen molar-refractivity contribution in [3.8, 4) is 0 Å². The first-order chi connectivity index (χ1) is 12.4. The molecule has 0 aromatic heterocycles. The fourth-order valence-corrected chi connectivity index (χ4v) is 3.31. The lowest BCUT2D eigenvalue weighted by Gasteiger charge is -2.37. The fourth-order valence-electron chi connectivity index (χ4n) is 2.98. The third-order valence-corrected chi connectivity index (χ3v) is 4.82. The maximum absolute atomic E-state index is 12.9. The summed E-state index contributed by atoms with van der Waals surface area (Å²) >= 11 is 5.44. The maximum atomic E-state index is 12.9. The SMILES string of the molecule is C=CCN1C(=S)NC(c2cccc([N+](=O)[O-])c2)C(C(=O)NC2CC2)=C1C. The lowest BCUT2D eigenvalue weighted by atomic mass is 9.94. The first-order valence-electron chi connectivity index (χ1n) is 8.37. The number of nitro groups is 1. The number of non-ortho nitro benzene ring substituents is 1. The lowest BCUT2D eigenvalue weighted by molar-refractivity contribution is -0.384. The van der Waals surface area contributed by atoms with Crippen molar-refractivity contribution in [1.82, 2.24) is 15.5 Å². The summed E-state index contributed by atoms with van der Waals surface area (Å²) in [5.74, 6) is -0.175. The van der Waals surface area contributed by atoms with E-state index in [1.54, 1.807) is 23.1 Å². The molecule has 3 rings (SSSR count). The molecule has 1 unspecified atom stereocenters. The Kier molecular flexibility index (Phi) is 5.03. The van der Waals surface area contributed by atoms with Gasteiger partial charge in [-0.05, 0) is 37.5 Å². The molecular weight excluding hydrogens is 352 g/mol. The molecule has 0 saturated heterocycles. The van der Waals surface area contributed by atoms with Crippen LogP contribution in [0, 0.1) is 10.1 Å². The van der Waals surface area contributed by atoms with Gasteiger partial charge in [0.2, 0.25) is 0 Å². The van der Waals surface area contributed by atoms with E-state index >= 15 is 0 Å². The number of carbonyl (C=O) groups excluding carboxylic acids is 1. The molecule has 136 valence electrons. The summed E-state index contributed by atoms with van der Waals surface area (Å²) in [7, 11) is 0. The Morgan fingerprint density at radius 1 is 1.54 bits per heavy atom. The van der Waals surface area contributed by atoms with E-state index in [2.05, 4.69) is 17.2 Å². The molecule has 2 aliphatic rings. The Labute approximate surface area is 156 Å². The number of allylic oxidation sites excluding steroid dienone is 1. The van der Waals surface area contributed by atoms with Crippen LogP contribution in [0.15, 0.2) is 48.2 Å². The van der Waals surface area contributed by atoms with E-state index in [9.17, 15) is 14.9 Å². The van der Waals surface area contributed by atoms with Gasteiger partial charge in [0.15, 0.2) is 5.11 Å². The molecule has 0 bridgehead atoms. The quantitative estimate of drug-likeness (QED) is 0.345. The van der Waals surface area contributed by atoms with Gasteiger partial charge in [0.1, 0.15) is 0 Å². The second-order valence-corrected chi connectivity index (χ2v) is 6.77. The number of nitrogens with zero attached hydrogens (tertiary/aromatic N) is 2. The van der Waals surface area contributed by atoms with Gasteiger partial charge in [0.25, 0.3) is 11.6 Å². The average Bonchev–Trinajstić information content (AvgIpc) is 3.42. The van der Waals surface area contributed by atoms with Gasteiger partial charge in [0, 0.05) is 30.4 Å². The van der Waals surface area contributed by atoms with Crippen molar-refractivity contribution in [1.29, 1.82) is 0 Å². The zero-order valence-corrected chi connectivity index (χ0v) is 15.2. The monoisotopic (exact) mass is 372 g/mol. The van der Waals surface area contributed by atoms with E-state index in [1.807, 2.05) is 6.92 Å². The number of hydrogen-bond acceptors (Lipinski definition) is 4. The summed E-state index contributed by atoms with van der Waals surface area (Å²) in [6.07, 6.45) is 3.66. The summed E-state index contributed by atoms with van der Waals surface area (Å²) < 4.78 is 0. The van der Waals surface area contributed by atoms with Crippen molar-refractivity contribution in [2.75, 3.05) is 6.54 Å². The van der Waals surface area contributed by atoms with Gasteiger partial charge in [-0.25, -0.2) is 0 Å². The smallest absolute Gasteiger partial charge is 0.269 e. The minimum Gasteiger partial charge on any atom is -0.351 e.